The van der Waals surface area contributed by atoms with Gasteiger partial charge >= 0.3 is 0 Å². The maximum absolute atomic E-state index is 12.4. The third kappa shape index (κ3) is 3.80. The fourth-order valence-electron chi connectivity index (χ4n) is 2.96. The first kappa shape index (κ1) is 17.2. The number of halogens is 1. The van der Waals surface area contributed by atoms with Crippen molar-refractivity contribution in [3.05, 3.63) is 83.4 Å². The molecule has 0 aliphatic heterocycles. The smallest absolute Gasteiger partial charge is 0.224 e. The van der Waals surface area contributed by atoms with Crippen LogP contribution in [0.2, 0.25) is 5.15 Å². The maximum atomic E-state index is 12.4. The second kappa shape index (κ2) is 7.55. The molecule has 0 bridgehead atoms. The predicted molar refractivity (Wildman–Crippen MR) is 104 cm³/mol. The largest absolute Gasteiger partial charge is 0.352 e. The van der Waals surface area contributed by atoms with Crippen LogP contribution in [0.4, 0.5) is 0 Å². The zero-order valence-electron chi connectivity index (χ0n) is 14.3. The Morgan fingerprint density at radius 3 is 2.74 bits per heavy atom. The van der Waals surface area contributed by atoms with E-state index in [0.717, 1.165) is 22.0 Å². The Balaban J connectivity index is 1.58. The molecule has 0 spiro atoms. The van der Waals surface area contributed by atoms with Crippen molar-refractivity contribution in [1.29, 1.82) is 0 Å². The molecular weight excluding hydrogens is 362 g/mol. The summed E-state index contributed by atoms with van der Waals surface area (Å²) in [5.74, 6) is 0.599. The van der Waals surface area contributed by atoms with Crippen molar-refractivity contribution >= 4 is 28.4 Å². The van der Waals surface area contributed by atoms with Gasteiger partial charge in [-0.3, -0.25) is 14.3 Å². The number of benzene rings is 1. The van der Waals surface area contributed by atoms with Gasteiger partial charge in [0.1, 0.15) is 0 Å². The molecule has 1 N–H and O–H groups in total. The molecule has 1 amide bonds. The molecule has 0 saturated carbocycles. The molecule has 0 saturated heterocycles. The summed E-state index contributed by atoms with van der Waals surface area (Å²) >= 11 is 5.84. The number of nitrogens with one attached hydrogen (secondary N) is 1. The maximum Gasteiger partial charge on any atom is 0.224 e. The standard InChI is InChI=1S/C20H16ClN5O/c21-18-7-8-19(25-24-18)26-13-15(16-5-1-2-6-17(16)26)10-20(27)23-12-14-4-3-9-22-11-14/h1-9,11,13H,10,12H2,(H,23,27). The van der Waals surface area contributed by atoms with Gasteiger partial charge in [-0.25, -0.2) is 0 Å². The van der Waals surface area contributed by atoms with E-state index in [1.165, 1.54) is 0 Å². The Hall–Kier alpha value is -3.25. The fourth-order valence-corrected chi connectivity index (χ4v) is 3.06. The van der Waals surface area contributed by atoms with E-state index in [0.29, 0.717) is 17.5 Å². The van der Waals surface area contributed by atoms with Crippen LogP contribution in [0.5, 0.6) is 0 Å². The molecule has 3 heterocycles. The van der Waals surface area contributed by atoms with Gasteiger partial charge in [-0.05, 0) is 35.4 Å². The summed E-state index contributed by atoms with van der Waals surface area (Å²) in [7, 11) is 0. The molecule has 0 atom stereocenters. The van der Waals surface area contributed by atoms with Crippen LogP contribution in [0.3, 0.4) is 0 Å². The minimum absolute atomic E-state index is 0.0519. The summed E-state index contributed by atoms with van der Waals surface area (Å²) < 4.78 is 1.92. The SMILES string of the molecule is O=C(Cc1cn(-c2ccc(Cl)nn2)c2ccccc12)NCc1cccnc1. The van der Waals surface area contributed by atoms with E-state index in [4.69, 9.17) is 11.6 Å². The first-order valence-corrected chi connectivity index (χ1v) is 8.83. The Bertz CT molecular complexity index is 1080. The van der Waals surface area contributed by atoms with Gasteiger partial charge in [-0.1, -0.05) is 35.9 Å². The average molecular weight is 378 g/mol. The van der Waals surface area contributed by atoms with Crippen LogP contribution >= 0.6 is 11.6 Å². The molecule has 3 aromatic heterocycles. The van der Waals surface area contributed by atoms with Crippen LogP contribution in [0.1, 0.15) is 11.1 Å². The summed E-state index contributed by atoms with van der Waals surface area (Å²) in [6.07, 6.45) is 5.65. The van der Waals surface area contributed by atoms with Gasteiger partial charge in [0.25, 0.3) is 0 Å². The van der Waals surface area contributed by atoms with Crippen LogP contribution in [-0.4, -0.2) is 25.7 Å². The van der Waals surface area contributed by atoms with Crippen molar-refractivity contribution in [3.8, 4) is 5.82 Å². The quantitative estimate of drug-likeness (QED) is 0.579. The van der Waals surface area contributed by atoms with E-state index in [2.05, 4.69) is 20.5 Å². The number of fused-ring (bicyclic) bond motifs is 1. The number of para-hydroxylation sites is 1. The summed E-state index contributed by atoms with van der Waals surface area (Å²) in [4.78, 5) is 16.5. The topological polar surface area (TPSA) is 72.7 Å². The average Bonchev–Trinajstić information content (AvgIpc) is 3.06. The first-order valence-electron chi connectivity index (χ1n) is 8.45. The third-order valence-corrected chi connectivity index (χ3v) is 4.42. The lowest BCUT2D eigenvalue weighted by atomic mass is 10.1. The number of amides is 1. The van der Waals surface area contributed by atoms with Crippen molar-refractivity contribution in [2.75, 3.05) is 0 Å². The van der Waals surface area contributed by atoms with Crippen molar-refractivity contribution < 1.29 is 4.79 Å². The minimum Gasteiger partial charge on any atom is -0.352 e. The number of hydrogen-bond donors (Lipinski definition) is 1. The van der Waals surface area contributed by atoms with E-state index in [1.54, 1.807) is 24.5 Å². The van der Waals surface area contributed by atoms with Gasteiger partial charge in [0.15, 0.2) is 11.0 Å². The highest BCUT2D eigenvalue weighted by atomic mass is 35.5. The lowest BCUT2D eigenvalue weighted by Gasteiger charge is -2.04. The minimum atomic E-state index is -0.0519. The van der Waals surface area contributed by atoms with Crippen molar-refractivity contribution in [3.63, 3.8) is 0 Å². The second-order valence-corrected chi connectivity index (χ2v) is 6.46. The molecule has 134 valence electrons. The highest BCUT2D eigenvalue weighted by Crippen LogP contribution is 2.24. The molecular formula is C20H16ClN5O. The molecule has 0 radical (unpaired) electrons. The second-order valence-electron chi connectivity index (χ2n) is 6.07. The lowest BCUT2D eigenvalue weighted by Crippen LogP contribution is -2.24. The molecule has 0 unspecified atom stereocenters. The van der Waals surface area contributed by atoms with Gasteiger partial charge < -0.3 is 5.32 Å². The van der Waals surface area contributed by atoms with Crippen LogP contribution in [0.15, 0.2) is 67.1 Å². The van der Waals surface area contributed by atoms with Crippen molar-refractivity contribution in [2.45, 2.75) is 13.0 Å². The predicted octanol–water partition coefficient (Wildman–Crippen LogP) is 3.33. The van der Waals surface area contributed by atoms with E-state index >= 15 is 0 Å². The van der Waals surface area contributed by atoms with Crippen LogP contribution in [0.25, 0.3) is 16.7 Å². The fraction of sp³-hybridized carbons (Fsp3) is 0.100. The highest BCUT2D eigenvalue weighted by molar-refractivity contribution is 6.29. The van der Waals surface area contributed by atoms with Gasteiger partial charge in [0.2, 0.25) is 5.91 Å². The monoisotopic (exact) mass is 377 g/mol. The number of carbonyl (C=O) groups is 1. The highest BCUT2D eigenvalue weighted by Gasteiger charge is 2.13. The number of pyridine rings is 1. The summed E-state index contributed by atoms with van der Waals surface area (Å²) in [5.41, 5.74) is 2.85. The van der Waals surface area contributed by atoms with Crippen molar-refractivity contribution in [2.24, 2.45) is 0 Å². The summed E-state index contributed by atoms with van der Waals surface area (Å²) in [5, 5.41) is 12.3. The van der Waals surface area contributed by atoms with E-state index in [9.17, 15) is 4.79 Å². The number of aromatic nitrogens is 4. The molecule has 7 heteroatoms. The third-order valence-electron chi connectivity index (χ3n) is 4.22. The van der Waals surface area contributed by atoms with E-state index in [-0.39, 0.29) is 12.3 Å². The Morgan fingerprint density at radius 1 is 1.07 bits per heavy atom. The molecule has 0 aliphatic carbocycles. The van der Waals surface area contributed by atoms with Gasteiger partial charge in [0.05, 0.1) is 11.9 Å². The Kier molecular flexibility index (Phi) is 4.80. The number of nitrogens with zero attached hydrogens (tertiary/aromatic N) is 4. The molecule has 0 aliphatic rings. The van der Waals surface area contributed by atoms with Gasteiger partial charge in [0, 0.05) is 30.5 Å². The van der Waals surface area contributed by atoms with Crippen LogP contribution in [0, 0.1) is 0 Å². The zero-order valence-corrected chi connectivity index (χ0v) is 15.1. The van der Waals surface area contributed by atoms with Crippen molar-refractivity contribution in [1.82, 2.24) is 25.1 Å². The first-order chi connectivity index (χ1) is 13.2. The van der Waals surface area contributed by atoms with E-state index in [1.807, 2.05) is 47.2 Å². The van der Waals surface area contributed by atoms with Gasteiger partial charge in [-0.15, -0.1) is 10.2 Å². The van der Waals surface area contributed by atoms with E-state index < -0.39 is 0 Å². The Labute approximate surface area is 160 Å². The molecule has 4 aromatic rings. The van der Waals surface area contributed by atoms with Crippen LogP contribution < -0.4 is 5.32 Å². The van der Waals surface area contributed by atoms with Gasteiger partial charge in [-0.2, -0.15) is 0 Å². The molecule has 27 heavy (non-hydrogen) atoms. The van der Waals surface area contributed by atoms with Crippen LogP contribution in [-0.2, 0) is 17.8 Å². The molecule has 6 nitrogen and oxygen atoms in total. The summed E-state index contributed by atoms with van der Waals surface area (Å²) in [6.45, 7) is 0.452. The molecule has 0 fully saturated rings. The normalized spacial score (nSPS) is 10.9. The zero-order chi connectivity index (χ0) is 18.6. The number of rotatable bonds is 5. The molecule has 4 rings (SSSR count). The molecule has 1 aromatic carbocycles. The number of hydrogen-bond acceptors (Lipinski definition) is 4. The number of carbonyl (C=O) groups excluding carboxylic acids is 1. The Morgan fingerprint density at radius 2 is 1.96 bits per heavy atom. The summed E-state index contributed by atoms with van der Waals surface area (Å²) in [6, 6.07) is 15.2. The lowest BCUT2D eigenvalue weighted by molar-refractivity contribution is -0.120.